The molecule has 122 valence electrons. The highest BCUT2D eigenvalue weighted by Crippen LogP contribution is 2.24. The number of nitrogens with zero attached hydrogens (tertiary/aromatic N) is 2. The second-order valence-electron chi connectivity index (χ2n) is 5.42. The monoisotopic (exact) mass is 323 g/mol. The van der Waals surface area contributed by atoms with Crippen LogP contribution in [0.3, 0.4) is 0 Å². The van der Waals surface area contributed by atoms with E-state index in [2.05, 4.69) is 10.3 Å². The van der Waals surface area contributed by atoms with Crippen molar-refractivity contribution >= 4 is 22.5 Å². The summed E-state index contributed by atoms with van der Waals surface area (Å²) in [5.74, 6) is 0.470. The molecule has 1 aromatic heterocycles. The van der Waals surface area contributed by atoms with Gasteiger partial charge in [0.15, 0.2) is 5.82 Å². The van der Waals surface area contributed by atoms with Gasteiger partial charge in [-0.1, -0.05) is 24.3 Å². The van der Waals surface area contributed by atoms with Crippen LogP contribution in [0.15, 0.2) is 53.6 Å². The Kier molecular flexibility index (Phi) is 4.29. The molecule has 3 aromatic rings. The third-order valence-corrected chi connectivity index (χ3v) is 3.81. The number of carbonyl (C=O) groups is 1. The van der Waals surface area contributed by atoms with Gasteiger partial charge < -0.3 is 14.6 Å². The van der Waals surface area contributed by atoms with Crippen molar-refractivity contribution in [3.05, 3.63) is 64.7 Å². The van der Waals surface area contributed by atoms with E-state index in [9.17, 15) is 9.59 Å². The van der Waals surface area contributed by atoms with Crippen LogP contribution in [-0.4, -0.2) is 22.6 Å². The molecule has 6 nitrogen and oxygen atoms in total. The summed E-state index contributed by atoms with van der Waals surface area (Å²) >= 11 is 0. The zero-order valence-corrected chi connectivity index (χ0v) is 13.4. The number of hydrogen-bond acceptors (Lipinski definition) is 4. The van der Waals surface area contributed by atoms with Crippen LogP contribution in [0.1, 0.15) is 5.56 Å². The fraction of sp³-hybridized carbons (Fsp3) is 0.167. The molecule has 3 rings (SSSR count). The molecule has 0 bridgehead atoms. The summed E-state index contributed by atoms with van der Waals surface area (Å²) in [7, 11) is 3.21. The molecule has 0 aliphatic heterocycles. The number of aryl methyl sites for hydroxylation is 1. The number of anilines is 1. The fourth-order valence-electron chi connectivity index (χ4n) is 2.53. The Bertz CT molecular complexity index is 963. The minimum atomic E-state index is -0.342. The Balaban J connectivity index is 1.88. The largest absolute Gasteiger partial charge is 0.497 e. The van der Waals surface area contributed by atoms with Gasteiger partial charge in [0.05, 0.1) is 13.5 Å². The van der Waals surface area contributed by atoms with Crippen LogP contribution in [0, 0.1) is 0 Å². The molecular weight excluding hydrogens is 306 g/mol. The summed E-state index contributed by atoms with van der Waals surface area (Å²) in [6.45, 7) is 0. The van der Waals surface area contributed by atoms with E-state index in [-0.39, 0.29) is 23.7 Å². The van der Waals surface area contributed by atoms with Gasteiger partial charge in [0, 0.05) is 19.4 Å². The van der Waals surface area contributed by atoms with Crippen molar-refractivity contribution in [3.8, 4) is 5.75 Å². The summed E-state index contributed by atoms with van der Waals surface area (Å²) < 4.78 is 6.62. The van der Waals surface area contributed by atoms with Gasteiger partial charge in [-0.2, -0.15) is 0 Å². The number of methoxy groups -OCH3 is 1. The van der Waals surface area contributed by atoms with E-state index >= 15 is 0 Å². The molecule has 1 heterocycles. The first kappa shape index (κ1) is 15.7. The lowest BCUT2D eigenvalue weighted by molar-refractivity contribution is -0.115. The number of benzene rings is 2. The molecule has 0 fully saturated rings. The summed E-state index contributed by atoms with van der Waals surface area (Å²) in [4.78, 5) is 28.2. The first-order valence-corrected chi connectivity index (χ1v) is 7.45. The van der Waals surface area contributed by atoms with Gasteiger partial charge in [-0.05, 0) is 28.5 Å². The molecule has 0 aliphatic rings. The Morgan fingerprint density at radius 1 is 1.29 bits per heavy atom. The van der Waals surface area contributed by atoms with E-state index in [1.165, 1.54) is 17.0 Å². The van der Waals surface area contributed by atoms with E-state index in [1.807, 2.05) is 36.4 Å². The summed E-state index contributed by atoms with van der Waals surface area (Å²) in [5.41, 5.74) is 0.516. The second kappa shape index (κ2) is 6.54. The predicted molar refractivity (Wildman–Crippen MR) is 92.3 cm³/mol. The van der Waals surface area contributed by atoms with Crippen molar-refractivity contribution in [2.75, 3.05) is 12.4 Å². The highest BCUT2D eigenvalue weighted by molar-refractivity contribution is 5.95. The SMILES string of the molecule is COc1ccc2cccc(CC(=O)Nc3nccn(C)c3=O)c2c1. The molecule has 2 aromatic carbocycles. The molecule has 0 saturated carbocycles. The lowest BCUT2D eigenvalue weighted by Crippen LogP contribution is -2.26. The van der Waals surface area contributed by atoms with Crippen molar-refractivity contribution in [2.45, 2.75) is 6.42 Å². The minimum absolute atomic E-state index is 0.0304. The third-order valence-electron chi connectivity index (χ3n) is 3.81. The molecule has 24 heavy (non-hydrogen) atoms. The lowest BCUT2D eigenvalue weighted by atomic mass is 10.0. The molecule has 0 unspecified atom stereocenters. The molecule has 0 aliphatic carbocycles. The maximum atomic E-state index is 12.3. The Morgan fingerprint density at radius 3 is 2.92 bits per heavy atom. The molecule has 0 atom stereocenters. The quantitative estimate of drug-likeness (QED) is 0.798. The molecule has 0 spiro atoms. The van der Waals surface area contributed by atoms with Crippen LogP contribution in [-0.2, 0) is 18.3 Å². The molecule has 0 saturated heterocycles. The van der Waals surface area contributed by atoms with Gasteiger partial charge in [0.25, 0.3) is 5.56 Å². The number of ether oxygens (including phenoxy) is 1. The topological polar surface area (TPSA) is 73.2 Å². The van der Waals surface area contributed by atoms with Crippen molar-refractivity contribution < 1.29 is 9.53 Å². The second-order valence-corrected chi connectivity index (χ2v) is 5.42. The zero-order valence-electron chi connectivity index (χ0n) is 13.4. The van der Waals surface area contributed by atoms with Crippen molar-refractivity contribution in [3.63, 3.8) is 0 Å². The molecule has 1 amide bonds. The van der Waals surface area contributed by atoms with Gasteiger partial charge in [-0.3, -0.25) is 9.59 Å². The van der Waals surface area contributed by atoms with Crippen LogP contribution in [0.2, 0.25) is 0 Å². The van der Waals surface area contributed by atoms with Gasteiger partial charge in [-0.15, -0.1) is 0 Å². The normalized spacial score (nSPS) is 10.6. The predicted octanol–water partition coefficient (Wildman–Crippen LogP) is 2.12. The number of hydrogen-bond donors (Lipinski definition) is 1. The Morgan fingerprint density at radius 2 is 2.12 bits per heavy atom. The third kappa shape index (κ3) is 3.12. The summed E-state index contributed by atoms with van der Waals surface area (Å²) in [5, 5.41) is 4.55. The Hall–Kier alpha value is -3.15. The minimum Gasteiger partial charge on any atom is -0.497 e. The van der Waals surface area contributed by atoms with Crippen LogP contribution >= 0.6 is 0 Å². The number of nitrogens with one attached hydrogen (secondary N) is 1. The molecule has 1 N–H and O–H groups in total. The first-order valence-electron chi connectivity index (χ1n) is 7.45. The summed E-state index contributed by atoms with van der Waals surface area (Å²) in [6, 6.07) is 11.5. The first-order chi connectivity index (χ1) is 11.6. The molecule has 0 radical (unpaired) electrons. The van der Waals surface area contributed by atoms with Gasteiger partial charge >= 0.3 is 0 Å². The van der Waals surface area contributed by atoms with Crippen molar-refractivity contribution in [1.82, 2.24) is 9.55 Å². The Labute approximate surface area is 138 Å². The van der Waals surface area contributed by atoms with Crippen LogP contribution in [0.25, 0.3) is 10.8 Å². The van der Waals surface area contributed by atoms with Gasteiger partial charge in [-0.25, -0.2) is 4.98 Å². The smallest absolute Gasteiger partial charge is 0.293 e. The maximum Gasteiger partial charge on any atom is 0.293 e. The number of carbonyl (C=O) groups excluding carboxylic acids is 1. The number of amides is 1. The average molecular weight is 323 g/mol. The number of aromatic nitrogens is 2. The number of fused-ring (bicyclic) bond motifs is 1. The van der Waals surface area contributed by atoms with Crippen molar-refractivity contribution in [2.24, 2.45) is 7.05 Å². The average Bonchev–Trinajstić information content (AvgIpc) is 2.59. The van der Waals surface area contributed by atoms with E-state index in [1.54, 1.807) is 14.2 Å². The molecular formula is C18H17N3O3. The van der Waals surface area contributed by atoms with Crippen LogP contribution in [0.5, 0.6) is 5.75 Å². The van der Waals surface area contributed by atoms with Gasteiger partial charge in [0.2, 0.25) is 5.91 Å². The standard InChI is InChI=1S/C18H17N3O3/c1-21-9-8-19-17(18(21)23)20-16(22)10-13-5-3-4-12-6-7-14(24-2)11-15(12)13/h3-9,11H,10H2,1-2H3,(H,19,20,22). The van der Waals surface area contributed by atoms with Gasteiger partial charge in [0.1, 0.15) is 5.75 Å². The molecule has 6 heteroatoms. The maximum absolute atomic E-state index is 12.3. The highest BCUT2D eigenvalue weighted by atomic mass is 16.5. The van der Waals surface area contributed by atoms with Crippen LogP contribution < -0.4 is 15.6 Å². The van der Waals surface area contributed by atoms with E-state index in [0.29, 0.717) is 0 Å². The van der Waals surface area contributed by atoms with Crippen LogP contribution in [0.4, 0.5) is 5.82 Å². The van der Waals surface area contributed by atoms with Crippen molar-refractivity contribution in [1.29, 1.82) is 0 Å². The number of rotatable bonds is 4. The zero-order chi connectivity index (χ0) is 17.1. The van der Waals surface area contributed by atoms with E-state index in [0.717, 1.165) is 22.1 Å². The van der Waals surface area contributed by atoms with E-state index in [4.69, 9.17) is 4.74 Å². The summed E-state index contributed by atoms with van der Waals surface area (Å²) in [6.07, 6.45) is 3.15. The highest BCUT2D eigenvalue weighted by Gasteiger charge is 2.11. The fourth-order valence-corrected chi connectivity index (χ4v) is 2.53. The van der Waals surface area contributed by atoms with E-state index < -0.39 is 0 Å². The lowest BCUT2D eigenvalue weighted by Gasteiger charge is -2.09.